The molecule has 66 valence electrons. The van der Waals surface area contributed by atoms with Crippen molar-refractivity contribution >= 4 is 63.3 Å². The molecule has 1 atom stereocenters. The van der Waals surface area contributed by atoms with Gasteiger partial charge in [0.15, 0.2) is 0 Å². The summed E-state index contributed by atoms with van der Waals surface area (Å²) in [4.78, 5) is 19.9. The fraction of sp³-hybridized carbons (Fsp3) is 0.667. The molecule has 5 nitrogen and oxygen atoms in total. The summed E-state index contributed by atoms with van der Waals surface area (Å²) in [5.74, 6) is -2.16. The van der Waals surface area contributed by atoms with Crippen LogP contribution in [0.1, 0.15) is 19.3 Å². The monoisotopic (exact) mass is 202 g/mol. The molecule has 12 heavy (non-hydrogen) atoms. The van der Waals surface area contributed by atoms with E-state index in [1.807, 2.05) is 0 Å². The molecule has 0 heterocycles. The molecule has 0 aromatic heterocycles. The Balaban J connectivity index is 0. The predicted octanol–water partition coefficient (Wildman–Crippen LogP) is -0.962. The van der Waals surface area contributed by atoms with Crippen LogP contribution >= 0.6 is 0 Å². The van der Waals surface area contributed by atoms with Gasteiger partial charge in [-0.2, -0.15) is 0 Å². The minimum absolute atomic E-state index is 0. The topological polar surface area (TPSA) is 94.8 Å². The van der Waals surface area contributed by atoms with E-state index in [0.29, 0.717) is 0 Å². The van der Waals surface area contributed by atoms with Crippen molar-refractivity contribution < 1.29 is 24.9 Å². The summed E-state index contributed by atoms with van der Waals surface area (Å²) in [6.07, 6.45) is -1.66. The van der Waals surface area contributed by atoms with Gasteiger partial charge in [0.1, 0.15) is 0 Å². The minimum atomic E-state index is -1.12. The first-order chi connectivity index (χ1) is 5.02. The standard InChI is InChI=1S/C6H10O5.K.H/c7-4(3-6(10)11)1-2-5(8)9;;/h4,7H,1-3H2,(H,8,9)(H,10,11);;. The van der Waals surface area contributed by atoms with Gasteiger partial charge in [-0.25, -0.2) is 0 Å². The molecule has 0 saturated carbocycles. The van der Waals surface area contributed by atoms with Gasteiger partial charge in [0.05, 0.1) is 12.5 Å². The average Bonchev–Trinajstić information content (AvgIpc) is 1.82. The summed E-state index contributed by atoms with van der Waals surface area (Å²) >= 11 is 0. The van der Waals surface area contributed by atoms with Crippen molar-refractivity contribution in [3.05, 3.63) is 0 Å². The van der Waals surface area contributed by atoms with Crippen LogP contribution in [0.2, 0.25) is 0 Å². The summed E-state index contributed by atoms with van der Waals surface area (Å²) < 4.78 is 0. The van der Waals surface area contributed by atoms with Gasteiger partial charge in [0.2, 0.25) is 0 Å². The van der Waals surface area contributed by atoms with E-state index in [4.69, 9.17) is 15.3 Å². The molecular weight excluding hydrogens is 191 g/mol. The van der Waals surface area contributed by atoms with Crippen LogP contribution in [-0.2, 0) is 9.59 Å². The fourth-order valence-corrected chi connectivity index (χ4v) is 0.594. The number of carboxylic acids is 2. The fourth-order valence-electron chi connectivity index (χ4n) is 0.594. The van der Waals surface area contributed by atoms with Crippen molar-refractivity contribution in [1.29, 1.82) is 0 Å². The molecule has 0 radical (unpaired) electrons. The Morgan fingerprint density at radius 1 is 1.17 bits per heavy atom. The zero-order valence-electron chi connectivity index (χ0n) is 5.86. The van der Waals surface area contributed by atoms with Crippen LogP contribution in [0, 0.1) is 0 Å². The second-order valence-electron chi connectivity index (χ2n) is 2.18. The number of hydrogen-bond acceptors (Lipinski definition) is 3. The van der Waals surface area contributed by atoms with Gasteiger partial charge >= 0.3 is 63.3 Å². The Morgan fingerprint density at radius 2 is 1.67 bits per heavy atom. The maximum atomic E-state index is 9.95. The van der Waals surface area contributed by atoms with E-state index >= 15 is 0 Å². The van der Waals surface area contributed by atoms with E-state index in [1.165, 1.54) is 0 Å². The molecule has 0 amide bonds. The van der Waals surface area contributed by atoms with Crippen molar-refractivity contribution in [3.63, 3.8) is 0 Å². The molecule has 0 aliphatic heterocycles. The maximum absolute atomic E-state index is 9.95. The van der Waals surface area contributed by atoms with Crippen molar-refractivity contribution in [2.45, 2.75) is 25.4 Å². The Labute approximate surface area is 112 Å². The van der Waals surface area contributed by atoms with Gasteiger partial charge in [-0.15, -0.1) is 0 Å². The van der Waals surface area contributed by atoms with E-state index < -0.39 is 24.5 Å². The molecular formula is C6H11KO5. The number of aliphatic hydroxyl groups excluding tert-OH is 1. The van der Waals surface area contributed by atoms with Gasteiger partial charge < -0.3 is 15.3 Å². The Kier molecular flexibility index (Phi) is 10.2. The number of aliphatic carboxylic acids is 2. The third-order valence-corrected chi connectivity index (χ3v) is 1.10. The summed E-state index contributed by atoms with van der Waals surface area (Å²) in [6.45, 7) is 0. The van der Waals surface area contributed by atoms with Crippen LogP contribution in [0.15, 0.2) is 0 Å². The SMILES string of the molecule is O=C(O)CCC(O)CC(=O)O.[KH]. The van der Waals surface area contributed by atoms with Gasteiger partial charge in [0.25, 0.3) is 0 Å². The van der Waals surface area contributed by atoms with Gasteiger partial charge in [-0.05, 0) is 6.42 Å². The third kappa shape index (κ3) is 10.5. The van der Waals surface area contributed by atoms with Crippen LogP contribution < -0.4 is 0 Å². The van der Waals surface area contributed by atoms with E-state index in [2.05, 4.69) is 0 Å². The second-order valence-corrected chi connectivity index (χ2v) is 2.18. The number of carboxylic acid groups (broad SMARTS) is 2. The first-order valence-electron chi connectivity index (χ1n) is 3.14. The quantitative estimate of drug-likeness (QED) is 0.499. The second kappa shape index (κ2) is 8.15. The summed E-state index contributed by atoms with van der Waals surface area (Å²) in [5, 5.41) is 25.1. The van der Waals surface area contributed by atoms with E-state index in [-0.39, 0.29) is 64.2 Å². The first kappa shape index (κ1) is 15.0. The molecule has 0 saturated heterocycles. The molecule has 0 bridgehead atoms. The molecule has 0 fully saturated rings. The summed E-state index contributed by atoms with van der Waals surface area (Å²) in [5.41, 5.74) is 0. The molecule has 0 aromatic carbocycles. The number of rotatable bonds is 5. The Bertz CT molecular complexity index is 158. The van der Waals surface area contributed by atoms with Crippen LogP contribution in [0.4, 0.5) is 0 Å². The zero-order chi connectivity index (χ0) is 8.85. The predicted molar refractivity (Wildman–Crippen MR) is 42.3 cm³/mol. The van der Waals surface area contributed by atoms with Gasteiger partial charge in [0, 0.05) is 6.42 Å². The average molecular weight is 202 g/mol. The van der Waals surface area contributed by atoms with Crippen LogP contribution in [-0.4, -0.2) is 84.7 Å². The van der Waals surface area contributed by atoms with Crippen molar-refractivity contribution in [3.8, 4) is 0 Å². The molecule has 1 unspecified atom stereocenters. The number of carbonyl (C=O) groups is 2. The van der Waals surface area contributed by atoms with E-state index in [9.17, 15) is 9.59 Å². The number of hydrogen-bond donors (Lipinski definition) is 3. The third-order valence-electron chi connectivity index (χ3n) is 1.10. The molecule has 0 aliphatic rings. The van der Waals surface area contributed by atoms with Crippen molar-refractivity contribution in [1.82, 2.24) is 0 Å². The molecule has 6 heteroatoms. The number of aliphatic hydroxyl groups is 1. The zero-order valence-corrected chi connectivity index (χ0v) is 5.86. The summed E-state index contributed by atoms with van der Waals surface area (Å²) in [7, 11) is 0. The van der Waals surface area contributed by atoms with Crippen LogP contribution in [0.25, 0.3) is 0 Å². The van der Waals surface area contributed by atoms with Crippen molar-refractivity contribution in [2.24, 2.45) is 0 Å². The molecule has 3 N–H and O–H groups in total. The van der Waals surface area contributed by atoms with E-state index in [1.54, 1.807) is 0 Å². The van der Waals surface area contributed by atoms with E-state index in [0.717, 1.165) is 0 Å². The molecule has 0 spiro atoms. The van der Waals surface area contributed by atoms with Crippen LogP contribution in [0.3, 0.4) is 0 Å². The first-order valence-corrected chi connectivity index (χ1v) is 3.14. The molecule has 0 aromatic rings. The van der Waals surface area contributed by atoms with Crippen LogP contribution in [0.5, 0.6) is 0 Å². The normalized spacial score (nSPS) is 11.4. The molecule has 0 rings (SSSR count). The summed E-state index contributed by atoms with van der Waals surface area (Å²) in [6, 6.07) is 0. The van der Waals surface area contributed by atoms with Crippen molar-refractivity contribution in [2.75, 3.05) is 0 Å². The molecule has 0 aliphatic carbocycles. The van der Waals surface area contributed by atoms with Gasteiger partial charge in [-0.3, -0.25) is 9.59 Å². The Hall–Kier alpha value is 0.536. The Morgan fingerprint density at radius 3 is 2.00 bits per heavy atom. The van der Waals surface area contributed by atoms with Gasteiger partial charge in [-0.1, -0.05) is 0 Å².